The second-order valence-corrected chi connectivity index (χ2v) is 3.61. The van der Waals surface area contributed by atoms with Gasteiger partial charge in [0.1, 0.15) is 0 Å². The molecule has 0 fully saturated rings. The van der Waals surface area contributed by atoms with Crippen LogP contribution in [0.25, 0.3) is 0 Å². The molecule has 0 bridgehead atoms. The molecule has 70 valence electrons. The normalized spacial score (nSPS) is 15.2. The van der Waals surface area contributed by atoms with Crippen LogP contribution < -0.4 is 5.32 Å². The van der Waals surface area contributed by atoms with Crippen molar-refractivity contribution in [2.45, 2.75) is 46.1 Å². The van der Waals surface area contributed by atoms with Gasteiger partial charge in [0, 0.05) is 12.5 Å². The van der Waals surface area contributed by atoms with Crippen molar-refractivity contribution in [3.63, 3.8) is 0 Å². The first-order valence-electron chi connectivity index (χ1n) is 4.87. The minimum atomic E-state index is 0.467. The fraction of sp³-hybridized carbons (Fsp3) is 0.818. The van der Waals surface area contributed by atoms with Crippen molar-refractivity contribution in [1.82, 2.24) is 5.32 Å². The average Bonchev–Trinajstić information content (AvgIpc) is 2.02. The molecule has 0 aliphatic heterocycles. The van der Waals surface area contributed by atoms with E-state index < -0.39 is 0 Å². The Morgan fingerprint density at radius 3 is 2.58 bits per heavy atom. The number of terminal acetylenes is 1. The maximum Gasteiger partial charge on any atom is 0.0238 e. The minimum absolute atomic E-state index is 0.467. The van der Waals surface area contributed by atoms with Crippen molar-refractivity contribution in [2.75, 3.05) is 6.54 Å². The quantitative estimate of drug-likeness (QED) is 0.599. The highest BCUT2D eigenvalue weighted by atomic mass is 14.9. The molecule has 0 radical (unpaired) electrons. The monoisotopic (exact) mass is 167 g/mol. The maximum absolute atomic E-state index is 5.20. The van der Waals surface area contributed by atoms with Crippen molar-refractivity contribution in [1.29, 1.82) is 0 Å². The van der Waals surface area contributed by atoms with Gasteiger partial charge in [-0.05, 0) is 25.8 Å². The molecule has 1 heteroatoms. The van der Waals surface area contributed by atoms with Gasteiger partial charge in [-0.15, -0.1) is 12.3 Å². The Kier molecular flexibility index (Phi) is 6.90. The zero-order valence-corrected chi connectivity index (χ0v) is 8.56. The molecular formula is C11H21N. The van der Waals surface area contributed by atoms with Gasteiger partial charge < -0.3 is 5.32 Å². The molecule has 0 spiro atoms. The van der Waals surface area contributed by atoms with Crippen LogP contribution in [0.1, 0.15) is 40.0 Å². The Bertz CT molecular complexity index is 134. The smallest absolute Gasteiger partial charge is 0.0238 e. The van der Waals surface area contributed by atoms with E-state index in [1.54, 1.807) is 0 Å². The van der Waals surface area contributed by atoms with Crippen LogP contribution in [0.5, 0.6) is 0 Å². The molecule has 0 aromatic heterocycles. The fourth-order valence-corrected chi connectivity index (χ4v) is 1.25. The van der Waals surface area contributed by atoms with E-state index in [9.17, 15) is 0 Å². The van der Waals surface area contributed by atoms with Crippen molar-refractivity contribution in [3.8, 4) is 12.3 Å². The van der Waals surface area contributed by atoms with Crippen molar-refractivity contribution >= 4 is 0 Å². The number of rotatable bonds is 6. The van der Waals surface area contributed by atoms with Gasteiger partial charge in [0.25, 0.3) is 0 Å². The Morgan fingerprint density at radius 1 is 1.42 bits per heavy atom. The molecule has 0 aromatic carbocycles. The molecular weight excluding hydrogens is 146 g/mol. The van der Waals surface area contributed by atoms with Crippen LogP contribution in [0.15, 0.2) is 0 Å². The van der Waals surface area contributed by atoms with Crippen LogP contribution in [0.4, 0.5) is 0 Å². The summed E-state index contributed by atoms with van der Waals surface area (Å²) in [6, 6.07) is 0.467. The lowest BCUT2D eigenvalue weighted by Gasteiger charge is -2.15. The number of hydrogen-bond acceptors (Lipinski definition) is 1. The van der Waals surface area contributed by atoms with Crippen LogP contribution in [0.2, 0.25) is 0 Å². The highest BCUT2D eigenvalue weighted by Crippen LogP contribution is 2.03. The predicted molar refractivity (Wildman–Crippen MR) is 55.0 cm³/mol. The van der Waals surface area contributed by atoms with E-state index in [0.29, 0.717) is 6.04 Å². The lowest BCUT2D eigenvalue weighted by molar-refractivity contribution is 0.441. The van der Waals surface area contributed by atoms with Crippen LogP contribution in [-0.2, 0) is 0 Å². The molecule has 1 N–H and O–H groups in total. The van der Waals surface area contributed by atoms with Crippen molar-refractivity contribution in [2.24, 2.45) is 5.92 Å². The molecule has 0 saturated heterocycles. The standard InChI is InChI=1S/C11H21N/c1-5-7-10(3)9-12-11(4)8-6-2/h2,10-12H,5,7-9H2,1,3-4H3. The number of hydrogen-bond donors (Lipinski definition) is 1. The summed E-state index contributed by atoms with van der Waals surface area (Å²) in [6.45, 7) is 7.73. The maximum atomic E-state index is 5.20. The predicted octanol–water partition coefficient (Wildman–Crippen LogP) is 2.42. The Hall–Kier alpha value is -0.480. The van der Waals surface area contributed by atoms with E-state index in [1.165, 1.54) is 12.8 Å². The highest BCUT2D eigenvalue weighted by Gasteiger charge is 2.02. The summed E-state index contributed by atoms with van der Waals surface area (Å²) < 4.78 is 0. The molecule has 0 aromatic rings. The molecule has 0 rings (SSSR count). The highest BCUT2D eigenvalue weighted by molar-refractivity contribution is 4.88. The van der Waals surface area contributed by atoms with E-state index in [4.69, 9.17) is 6.42 Å². The molecule has 2 unspecified atom stereocenters. The molecule has 12 heavy (non-hydrogen) atoms. The summed E-state index contributed by atoms with van der Waals surface area (Å²) in [5.74, 6) is 3.43. The molecule has 1 nitrogen and oxygen atoms in total. The summed E-state index contributed by atoms with van der Waals surface area (Å²) >= 11 is 0. The third-order valence-corrected chi connectivity index (χ3v) is 2.02. The zero-order valence-electron chi connectivity index (χ0n) is 8.56. The van der Waals surface area contributed by atoms with Gasteiger partial charge in [0.2, 0.25) is 0 Å². The lowest BCUT2D eigenvalue weighted by atomic mass is 10.1. The molecule has 0 aliphatic carbocycles. The van der Waals surface area contributed by atoms with Gasteiger partial charge in [0.05, 0.1) is 0 Å². The van der Waals surface area contributed by atoms with Gasteiger partial charge >= 0.3 is 0 Å². The second kappa shape index (κ2) is 7.18. The average molecular weight is 167 g/mol. The zero-order chi connectivity index (χ0) is 9.40. The summed E-state index contributed by atoms with van der Waals surface area (Å²) in [5.41, 5.74) is 0. The van der Waals surface area contributed by atoms with Gasteiger partial charge in [-0.2, -0.15) is 0 Å². The first kappa shape index (κ1) is 11.5. The molecule has 0 aliphatic rings. The van der Waals surface area contributed by atoms with Gasteiger partial charge in [-0.25, -0.2) is 0 Å². The first-order valence-corrected chi connectivity index (χ1v) is 4.87. The SMILES string of the molecule is C#CCC(C)NCC(C)CCC. The Labute approximate surface area is 76.9 Å². The van der Waals surface area contributed by atoms with E-state index in [-0.39, 0.29) is 0 Å². The van der Waals surface area contributed by atoms with Gasteiger partial charge in [-0.1, -0.05) is 20.3 Å². The second-order valence-electron chi connectivity index (χ2n) is 3.61. The summed E-state index contributed by atoms with van der Waals surface area (Å²) in [4.78, 5) is 0. The fourth-order valence-electron chi connectivity index (χ4n) is 1.25. The van der Waals surface area contributed by atoms with Gasteiger partial charge in [0.15, 0.2) is 0 Å². The molecule has 0 saturated carbocycles. The van der Waals surface area contributed by atoms with Crippen LogP contribution >= 0.6 is 0 Å². The minimum Gasteiger partial charge on any atom is -0.313 e. The first-order chi connectivity index (χ1) is 5.70. The van der Waals surface area contributed by atoms with Crippen LogP contribution in [0, 0.1) is 18.3 Å². The molecule has 2 atom stereocenters. The van der Waals surface area contributed by atoms with E-state index in [2.05, 4.69) is 32.0 Å². The van der Waals surface area contributed by atoms with Crippen molar-refractivity contribution in [3.05, 3.63) is 0 Å². The Morgan fingerprint density at radius 2 is 2.08 bits per heavy atom. The molecule has 0 heterocycles. The topological polar surface area (TPSA) is 12.0 Å². The summed E-state index contributed by atoms with van der Waals surface area (Å²) in [5, 5.41) is 3.43. The summed E-state index contributed by atoms with van der Waals surface area (Å²) in [6.07, 6.45) is 8.61. The van der Waals surface area contributed by atoms with E-state index >= 15 is 0 Å². The van der Waals surface area contributed by atoms with Crippen molar-refractivity contribution < 1.29 is 0 Å². The third kappa shape index (κ3) is 6.24. The molecule has 0 amide bonds. The van der Waals surface area contributed by atoms with E-state index in [1.807, 2.05) is 0 Å². The number of nitrogens with one attached hydrogen (secondary N) is 1. The van der Waals surface area contributed by atoms with E-state index in [0.717, 1.165) is 18.9 Å². The summed E-state index contributed by atoms with van der Waals surface area (Å²) in [7, 11) is 0. The third-order valence-electron chi connectivity index (χ3n) is 2.02. The largest absolute Gasteiger partial charge is 0.313 e. The van der Waals surface area contributed by atoms with Crippen LogP contribution in [0.3, 0.4) is 0 Å². The lowest BCUT2D eigenvalue weighted by Crippen LogP contribution is -2.29. The van der Waals surface area contributed by atoms with Gasteiger partial charge in [-0.3, -0.25) is 0 Å². The van der Waals surface area contributed by atoms with Crippen LogP contribution in [-0.4, -0.2) is 12.6 Å². The Balaban J connectivity index is 3.34.